The topological polar surface area (TPSA) is 86.1 Å². The number of aryl methyl sites for hydroxylation is 1. The number of amides is 1. The molecule has 7 heteroatoms. The average molecular weight is 380 g/mol. The molecule has 2 aromatic heterocycles. The van der Waals surface area contributed by atoms with Gasteiger partial charge in [-0.15, -0.1) is 0 Å². The maximum Gasteiger partial charge on any atom is 0.339 e. The predicted octanol–water partition coefficient (Wildman–Crippen LogP) is 3.19. The summed E-state index contributed by atoms with van der Waals surface area (Å²) in [5, 5.41) is 7.67. The van der Waals surface area contributed by atoms with Gasteiger partial charge in [0.25, 0.3) is 5.91 Å². The fourth-order valence-electron chi connectivity index (χ4n) is 2.87. The van der Waals surface area contributed by atoms with Gasteiger partial charge in [-0.1, -0.05) is 30.3 Å². The zero-order valence-corrected chi connectivity index (χ0v) is 16.5. The smallest absolute Gasteiger partial charge is 0.339 e. The quantitative estimate of drug-likeness (QED) is 0.687. The highest BCUT2D eigenvalue weighted by atomic mass is 16.5. The highest BCUT2D eigenvalue weighted by molar-refractivity contribution is 6.04. The number of nitrogens with one attached hydrogen (secondary N) is 1. The summed E-state index contributed by atoms with van der Waals surface area (Å²) in [6.45, 7) is 7.83. The highest BCUT2D eigenvalue weighted by Crippen LogP contribution is 2.25. The standard InChI is InChI=1S/C21H24N4O3/c1-5-25-19-16(12-22-25)15(11-17(23-19)14-9-7-6-8-10-14)20(27)28-13-18(26)24-21(2,3)4/h6-12H,5,13H2,1-4H3,(H,24,26). The Morgan fingerprint density at radius 3 is 2.54 bits per heavy atom. The van der Waals surface area contributed by atoms with E-state index in [9.17, 15) is 9.59 Å². The van der Waals surface area contributed by atoms with Crippen molar-refractivity contribution in [3.63, 3.8) is 0 Å². The highest BCUT2D eigenvalue weighted by Gasteiger charge is 2.20. The van der Waals surface area contributed by atoms with Crippen LogP contribution in [0, 0.1) is 0 Å². The van der Waals surface area contributed by atoms with Crippen LogP contribution in [0.2, 0.25) is 0 Å². The number of hydrogen-bond donors (Lipinski definition) is 1. The van der Waals surface area contributed by atoms with Gasteiger partial charge in [0.2, 0.25) is 0 Å². The number of fused-ring (bicyclic) bond motifs is 1. The summed E-state index contributed by atoms with van der Waals surface area (Å²) in [4.78, 5) is 29.4. The van der Waals surface area contributed by atoms with E-state index < -0.39 is 11.5 Å². The van der Waals surface area contributed by atoms with E-state index in [1.807, 2.05) is 58.0 Å². The van der Waals surface area contributed by atoms with E-state index >= 15 is 0 Å². The number of ether oxygens (including phenoxy) is 1. The predicted molar refractivity (Wildman–Crippen MR) is 107 cm³/mol. The Kier molecular flexibility index (Phi) is 5.44. The molecule has 0 saturated carbocycles. The monoisotopic (exact) mass is 380 g/mol. The van der Waals surface area contributed by atoms with Crippen molar-refractivity contribution in [2.75, 3.05) is 6.61 Å². The van der Waals surface area contributed by atoms with Gasteiger partial charge in [-0.25, -0.2) is 14.5 Å². The molecule has 0 spiro atoms. The van der Waals surface area contributed by atoms with Crippen molar-refractivity contribution >= 4 is 22.9 Å². The van der Waals surface area contributed by atoms with Crippen molar-refractivity contribution in [3.05, 3.63) is 48.2 Å². The normalized spacial score (nSPS) is 11.4. The van der Waals surface area contributed by atoms with Crippen LogP contribution < -0.4 is 5.32 Å². The molecule has 7 nitrogen and oxygen atoms in total. The third-order valence-electron chi connectivity index (χ3n) is 4.05. The van der Waals surface area contributed by atoms with E-state index in [1.165, 1.54) is 0 Å². The lowest BCUT2D eigenvalue weighted by Gasteiger charge is -2.20. The first-order valence-electron chi connectivity index (χ1n) is 9.18. The third kappa shape index (κ3) is 4.36. The van der Waals surface area contributed by atoms with Gasteiger partial charge in [0.1, 0.15) is 0 Å². The molecule has 0 aliphatic heterocycles. The van der Waals surface area contributed by atoms with Crippen molar-refractivity contribution in [1.82, 2.24) is 20.1 Å². The number of benzene rings is 1. The van der Waals surface area contributed by atoms with Gasteiger partial charge in [0.15, 0.2) is 12.3 Å². The maximum absolute atomic E-state index is 12.7. The van der Waals surface area contributed by atoms with Gasteiger partial charge in [-0.2, -0.15) is 5.10 Å². The molecule has 0 fully saturated rings. The van der Waals surface area contributed by atoms with Crippen molar-refractivity contribution in [1.29, 1.82) is 0 Å². The Morgan fingerprint density at radius 2 is 1.89 bits per heavy atom. The van der Waals surface area contributed by atoms with E-state index in [1.54, 1.807) is 16.9 Å². The summed E-state index contributed by atoms with van der Waals surface area (Å²) in [6.07, 6.45) is 1.60. The number of rotatable bonds is 5. The molecule has 0 aliphatic carbocycles. The largest absolute Gasteiger partial charge is 0.452 e. The lowest BCUT2D eigenvalue weighted by Crippen LogP contribution is -2.42. The van der Waals surface area contributed by atoms with Crippen molar-refractivity contribution in [2.45, 2.75) is 39.8 Å². The number of pyridine rings is 1. The van der Waals surface area contributed by atoms with Crippen molar-refractivity contribution < 1.29 is 14.3 Å². The first-order valence-corrected chi connectivity index (χ1v) is 9.18. The van der Waals surface area contributed by atoms with Crippen LogP contribution >= 0.6 is 0 Å². The van der Waals surface area contributed by atoms with Gasteiger partial charge < -0.3 is 10.1 Å². The van der Waals surface area contributed by atoms with Crippen LogP contribution in [0.1, 0.15) is 38.1 Å². The van der Waals surface area contributed by atoms with Crippen LogP contribution in [-0.4, -0.2) is 38.8 Å². The second kappa shape index (κ2) is 7.80. The Hall–Kier alpha value is -3.22. The Morgan fingerprint density at radius 1 is 1.18 bits per heavy atom. The molecule has 3 rings (SSSR count). The molecule has 0 aliphatic rings. The third-order valence-corrected chi connectivity index (χ3v) is 4.05. The molecule has 0 radical (unpaired) electrons. The Bertz CT molecular complexity index is 1000. The molecule has 0 saturated heterocycles. The number of hydrogen-bond acceptors (Lipinski definition) is 5. The molecule has 2 heterocycles. The fraction of sp³-hybridized carbons (Fsp3) is 0.333. The molecule has 3 aromatic rings. The minimum atomic E-state index is -0.579. The summed E-state index contributed by atoms with van der Waals surface area (Å²) >= 11 is 0. The molecule has 0 atom stereocenters. The second-order valence-electron chi connectivity index (χ2n) is 7.49. The zero-order valence-electron chi connectivity index (χ0n) is 16.5. The molecule has 1 aromatic carbocycles. The number of carbonyl (C=O) groups excluding carboxylic acids is 2. The Balaban J connectivity index is 1.94. The lowest BCUT2D eigenvalue weighted by atomic mass is 10.1. The SMILES string of the molecule is CCn1ncc2c(C(=O)OCC(=O)NC(C)(C)C)cc(-c3ccccc3)nc21. The van der Waals surface area contributed by atoms with Gasteiger partial charge in [-0.3, -0.25) is 4.79 Å². The Labute approximate surface area is 163 Å². The molecular weight excluding hydrogens is 356 g/mol. The summed E-state index contributed by atoms with van der Waals surface area (Å²) in [5.41, 5.74) is 2.08. The number of carbonyl (C=O) groups is 2. The zero-order chi connectivity index (χ0) is 20.3. The minimum Gasteiger partial charge on any atom is -0.452 e. The molecular formula is C21H24N4O3. The average Bonchev–Trinajstić information content (AvgIpc) is 3.07. The van der Waals surface area contributed by atoms with E-state index in [0.29, 0.717) is 28.8 Å². The van der Waals surface area contributed by atoms with E-state index in [4.69, 9.17) is 4.74 Å². The van der Waals surface area contributed by atoms with Crippen LogP contribution in [0.4, 0.5) is 0 Å². The first-order chi connectivity index (χ1) is 13.3. The fourth-order valence-corrected chi connectivity index (χ4v) is 2.87. The number of aromatic nitrogens is 3. The van der Waals surface area contributed by atoms with Gasteiger partial charge in [-0.05, 0) is 33.8 Å². The molecule has 0 unspecified atom stereocenters. The van der Waals surface area contributed by atoms with E-state index in [0.717, 1.165) is 5.56 Å². The first kappa shape index (κ1) is 19.5. The van der Waals surface area contributed by atoms with Crippen LogP contribution in [0.5, 0.6) is 0 Å². The molecule has 1 amide bonds. The molecule has 28 heavy (non-hydrogen) atoms. The molecule has 146 valence electrons. The van der Waals surface area contributed by atoms with Crippen LogP contribution in [-0.2, 0) is 16.1 Å². The van der Waals surface area contributed by atoms with Crippen molar-refractivity contribution in [2.24, 2.45) is 0 Å². The van der Waals surface area contributed by atoms with Crippen molar-refractivity contribution in [3.8, 4) is 11.3 Å². The van der Waals surface area contributed by atoms with E-state index in [2.05, 4.69) is 15.4 Å². The van der Waals surface area contributed by atoms with E-state index in [-0.39, 0.29) is 12.5 Å². The van der Waals surface area contributed by atoms with Crippen LogP contribution in [0.3, 0.4) is 0 Å². The lowest BCUT2D eigenvalue weighted by molar-refractivity contribution is -0.125. The number of esters is 1. The summed E-state index contributed by atoms with van der Waals surface area (Å²) < 4.78 is 6.99. The summed E-state index contributed by atoms with van der Waals surface area (Å²) in [5.74, 6) is -0.928. The minimum absolute atomic E-state index is 0.340. The number of nitrogens with zero attached hydrogens (tertiary/aromatic N) is 3. The van der Waals surface area contributed by atoms with Crippen LogP contribution in [0.25, 0.3) is 22.3 Å². The molecule has 1 N–H and O–H groups in total. The summed E-state index contributed by atoms with van der Waals surface area (Å²) in [6, 6.07) is 11.3. The maximum atomic E-state index is 12.7. The van der Waals surface area contributed by atoms with Gasteiger partial charge >= 0.3 is 5.97 Å². The molecule has 0 bridgehead atoms. The second-order valence-corrected chi connectivity index (χ2v) is 7.49. The van der Waals surface area contributed by atoms with Gasteiger partial charge in [0.05, 0.1) is 22.8 Å². The summed E-state index contributed by atoms with van der Waals surface area (Å²) in [7, 11) is 0. The van der Waals surface area contributed by atoms with Crippen LogP contribution in [0.15, 0.2) is 42.6 Å². The van der Waals surface area contributed by atoms with Gasteiger partial charge in [0, 0.05) is 17.6 Å².